The van der Waals surface area contributed by atoms with E-state index in [2.05, 4.69) is 55.1 Å². The first-order valence-corrected chi connectivity index (χ1v) is 8.49. The summed E-state index contributed by atoms with van der Waals surface area (Å²) in [6.45, 7) is 2.51. The van der Waals surface area contributed by atoms with Gasteiger partial charge < -0.3 is 0 Å². The molecule has 3 rings (SSSR count). The van der Waals surface area contributed by atoms with Gasteiger partial charge in [-0.05, 0) is 11.5 Å². The molecule has 0 amide bonds. The molecule has 1 aromatic heterocycles. The molecule has 2 aromatic rings. The summed E-state index contributed by atoms with van der Waals surface area (Å²) in [5.74, 6) is 0.811. The highest BCUT2D eigenvalue weighted by Crippen LogP contribution is 2.51. The molecular formula is C13H14B10N+. The number of pyridine rings is 1. The maximum atomic E-state index is 6.22. The third-order valence-electron chi connectivity index (χ3n) is 5.61. The van der Waals surface area contributed by atoms with Crippen LogP contribution in [0.3, 0.4) is 0 Å². The van der Waals surface area contributed by atoms with E-state index < -0.39 is 19.2 Å². The molecular weight excluding hydrogens is 278 g/mol. The number of nitrogens with zero attached hydrogens (tertiary/aromatic N) is 1. The molecule has 1 aliphatic rings. The van der Waals surface area contributed by atoms with Gasteiger partial charge in [0.2, 0.25) is 0 Å². The second kappa shape index (κ2) is 6.88. The maximum absolute atomic E-state index is 6.22. The van der Waals surface area contributed by atoms with E-state index in [9.17, 15) is 0 Å². The number of aryl methyl sites for hydroxylation is 1. The van der Waals surface area contributed by atoms with Gasteiger partial charge in [0.05, 0.1) is 0 Å². The smallest absolute Gasteiger partial charge is 0.176 e. The number of aromatic nitrogens is 1. The first kappa shape index (κ1) is 18.1. The second-order valence-corrected chi connectivity index (χ2v) is 7.21. The Morgan fingerprint density at radius 1 is 1.00 bits per heavy atom. The van der Waals surface area contributed by atoms with Gasteiger partial charge in [0.15, 0.2) is 11.9 Å². The normalized spacial score (nSPS) is 19.2. The predicted octanol–water partition coefficient (Wildman–Crippen LogP) is -1.20. The molecule has 0 spiro atoms. The molecule has 1 fully saturated rings. The average Bonchev–Trinajstić information content (AvgIpc) is 3.16. The standard InChI is InChI=1S/C13H14B10N/c1-9-13(19(9)23(21(16)17)22(18)20(14)15)12-7-10-5-3-4-6-11(10)8-24(12)2/h3-9,13H,1-2H3/q+1. The van der Waals surface area contributed by atoms with E-state index in [0.29, 0.717) is 18.2 Å². The van der Waals surface area contributed by atoms with E-state index in [1.165, 1.54) is 16.5 Å². The quantitative estimate of drug-likeness (QED) is 0.482. The highest BCUT2D eigenvalue weighted by molar-refractivity contribution is 8.01. The number of rotatable bonds is 5. The van der Waals surface area contributed by atoms with Crippen LogP contribution < -0.4 is 4.57 Å². The van der Waals surface area contributed by atoms with Crippen molar-refractivity contribution in [2.45, 2.75) is 18.6 Å². The lowest BCUT2D eigenvalue weighted by Crippen LogP contribution is -2.64. The van der Waals surface area contributed by atoms with Crippen LogP contribution in [0.25, 0.3) is 10.8 Å². The van der Waals surface area contributed by atoms with Crippen LogP contribution in [-0.2, 0) is 7.05 Å². The highest BCUT2D eigenvalue weighted by Gasteiger charge is 2.59. The molecule has 2 atom stereocenters. The van der Waals surface area contributed by atoms with Crippen molar-refractivity contribution in [3.8, 4) is 0 Å². The van der Waals surface area contributed by atoms with Crippen molar-refractivity contribution < 1.29 is 4.57 Å². The average molecular weight is 292 g/mol. The molecule has 0 aliphatic carbocycles. The van der Waals surface area contributed by atoms with Gasteiger partial charge in [0.1, 0.15) is 13.7 Å². The van der Waals surface area contributed by atoms with Gasteiger partial charge in [-0.25, -0.2) is 4.57 Å². The van der Waals surface area contributed by atoms with E-state index in [0.717, 1.165) is 0 Å². The van der Waals surface area contributed by atoms with Gasteiger partial charge in [-0.2, -0.15) is 0 Å². The Labute approximate surface area is 154 Å². The summed E-state index contributed by atoms with van der Waals surface area (Å²) in [5.41, 5.74) is 1.27. The summed E-state index contributed by atoms with van der Waals surface area (Å²) in [7, 11) is 32.0. The molecule has 100 valence electrons. The van der Waals surface area contributed by atoms with Crippen LogP contribution in [0.5, 0.6) is 0 Å². The van der Waals surface area contributed by atoms with E-state index in [1.807, 2.05) is 0 Å². The summed E-state index contributed by atoms with van der Waals surface area (Å²) in [6.07, 6.45) is 0.504. The van der Waals surface area contributed by atoms with Crippen molar-refractivity contribution in [1.82, 2.24) is 0 Å². The topological polar surface area (TPSA) is 3.88 Å². The van der Waals surface area contributed by atoms with Crippen LogP contribution >= 0.6 is 0 Å². The van der Waals surface area contributed by atoms with E-state index in [1.54, 1.807) is 0 Å². The number of hydrogen-bond acceptors (Lipinski definition) is 0. The van der Waals surface area contributed by atoms with Crippen LogP contribution in [0.1, 0.15) is 18.4 Å². The Morgan fingerprint density at radius 2 is 1.62 bits per heavy atom. The molecule has 10 radical (unpaired) electrons. The molecule has 1 aromatic carbocycles. The van der Waals surface area contributed by atoms with Crippen molar-refractivity contribution >= 4 is 81.6 Å². The summed E-state index contributed by atoms with van der Waals surface area (Å²) in [6, 6.07) is 10.6. The van der Waals surface area contributed by atoms with Crippen LogP contribution in [0.2, 0.25) is 5.82 Å². The van der Waals surface area contributed by atoms with Crippen LogP contribution in [0, 0.1) is 0 Å². The molecule has 1 nitrogen and oxygen atoms in total. The van der Waals surface area contributed by atoms with Crippen molar-refractivity contribution in [1.29, 1.82) is 0 Å². The molecule has 2 unspecified atom stereocenters. The highest BCUT2D eigenvalue weighted by atomic mass is 14.9. The Kier molecular flexibility index (Phi) is 5.19. The first-order valence-electron chi connectivity index (χ1n) is 8.49. The van der Waals surface area contributed by atoms with Crippen molar-refractivity contribution in [2.24, 2.45) is 7.05 Å². The Balaban J connectivity index is 1.95. The van der Waals surface area contributed by atoms with Gasteiger partial charge >= 0.3 is 0 Å². The van der Waals surface area contributed by atoms with Crippen LogP contribution in [-0.4, -0.2) is 70.8 Å². The number of hydrogen-bond donors (Lipinski definition) is 0. The maximum Gasteiger partial charge on any atom is 0.176 e. The molecule has 0 bridgehead atoms. The Morgan fingerprint density at radius 3 is 2.21 bits per heavy atom. The molecule has 0 saturated carbocycles. The fourth-order valence-electron chi connectivity index (χ4n) is 4.21. The van der Waals surface area contributed by atoms with Crippen LogP contribution in [0.4, 0.5) is 0 Å². The zero-order valence-corrected chi connectivity index (χ0v) is 14.3. The Hall–Kier alpha value is -0.721. The summed E-state index contributed by atoms with van der Waals surface area (Å²) in [5, 5.41) is 2.46. The van der Waals surface area contributed by atoms with Crippen molar-refractivity contribution in [2.75, 3.05) is 0 Å². The largest absolute Gasteiger partial charge is 0.205 e. The van der Waals surface area contributed by atoms with E-state index in [-0.39, 0.29) is 6.39 Å². The molecule has 24 heavy (non-hydrogen) atoms. The summed E-state index contributed by atoms with van der Waals surface area (Å²) >= 11 is 0. The van der Waals surface area contributed by atoms with E-state index in [4.69, 9.17) is 38.7 Å². The van der Waals surface area contributed by atoms with E-state index >= 15 is 0 Å². The Bertz CT molecular complexity index is 738. The summed E-state index contributed by atoms with van der Waals surface area (Å²) < 4.78 is 2.19. The molecule has 1 saturated heterocycles. The lowest BCUT2D eigenvalue weighted by molar-refractivity contribution is -0.677. The lowest BCUT2D eigenvalue weighted by atomic mass is 8.57. The predicted molar refractivity (Wildman–Crippen MR) is 115 cm³/mol. The molecule has 11 heteroatoms. The first-order chi connectivity index (χ1) is 11.3. The van der Waals surface area contributed by atoms with Crippen LogP contribution in [0.15, 0.2) is 36.5 Å². The van der Waals surface area contributed by atoms with Gasteiger partial charge in [0.25, 0.3) is 0 Å². The SMILES string of the molecule is [B]B([B])B([B])B(B([B])[B])B1C(C)C1c1cc2ccccc2c[n+]1C. The minimum absolute atomic E-state index is 0.100. The molecule has 0 N–H and O–H groups in total. The fraction of sp³-hybridized carbons (Fsp3) is 0.308. The van der Waals surface area contributed by atoms with Gasteiger partial charge in [-0.3, -0.25) is 0 Å². The molecule has 1 aliphatic heterocycles. The van der Waals surface area contributed by atoms with Crippen molar-refractivity contribution in [3.05, 3.63) is 42.2 Å². The minimum Gasteiger partial charge on any atom is -0.205 e. The van der Waals surface area contributed by atoms with Gasteiger partial charge in [-0.15, -0.1) is 0 Å². The number of fused-ring (bicyclic) bond motifs is 1. The fourth-order valence-corrected chi connectivity index (χ4v) is 4.21. The second-order valence-electron chi connectivity index (χ2n) is 7.21. The summed E-state index contributed by atoms with van der Waals surface area (Å²) in [4.78, 5) is 0. The van der Waals surface area contributed by atoms with Gasteiger partial charge in [0, 0.05) is 81.5 Å². The zero-order chi connectivity index (χ0) is 17.6. The molecule has 2 heterocycles. The number of benzene rings is 1. The third kappa shape index (κ3) is 3.20. The lowest BCUT2D eigenvalue weighted by Gasteiger charge is -2.25. The minimum atomic E-state index is -0.622. The zero-order valence-electron chi connectivity index (χ0n) is 14.3. The monoisotopic (exact) mass is 294 g/mol. The van der Waals surface area contributed by atoms with Crippen molar-refractivity contribution in [3.63, 3.8) is 0 Å². The van der Waals surface area contributed by atoms with Gasteiger partial charge in [-0.1, -0.05) is 30.9 Å². The third-order valence-corrected chi connectivity index (χ3v) is 5.61.